The molecule has 1 saturated carbocycles. The predicted molar refractivity (Wildman–Crippen MR) is 109 cm³/mol. The largest absolute Gasteiger partial charge is 0.472 e. The summed E-state index contributed by atoms with van der Waals surface area (Å²) >= 11 is 5.88. The molecule has 1 fully saturated rings. The van der Waals surface area contributed by atoms with E-state index in [4.69, 9.17) is 21.1 Å². The number of benzene rings is 1. The summed E-state index contributed by atoms with van der Waals surface area (Å²) in [7, 11) is 3.71. The Hall–Kier alpha value is -3.20. The minimum Gasteiger partial charge on any atom is -0.472 e. The lowest BCUT2D eigenvalue weighted by atomic mass is 10.2. The zero-order chi connectivity index (χ0) is 20.2. The number of nitrogens with zero attached hydrogens (tertiary/aromatic N) is 6. The third-order valence-electron chi connectivity index (χ3n) is 4.03. The van der Waals surface area contributed by atoms with Crippen molar-refractivity contribution in [1.29, 1.82) is 0 Å². The molecule has 4 rings (SSSR count). The summed E-state index contributed by atoms with van der Waals surface area (Å²) in [6.07, 6.45) is 2.23. The lowest BCUT2D eigenvalue weighted by molar-refractivity contribution is 0.287. The summed E-state index contributed by atoms with van der Waals surface area (Å²) in [6, 6.07) is 11.3. The van der Waals surface area contributed by atoms with E-state index in [1.807, 2.05) is 38.4 Å². The highest BCUT2D eigenvalue weighted by Gasteiger charge is 2.23. The second kappa shape index (κ2) is 8.44. The second-order valence-electron chi connectivity index (χ2n) is 6.78. The van der Waals surface area contributed by atoms with Crippen LogP contribution in [0.15, 0.2) is 36.4 Å². The van der Waals surface area contributed by atoms with E-state index in [9.17, 15) is 0 Å². The van der Waals surface area contributed by atoms with E-state index in [0.29, 0.717) is 35.4 Å². The van der Waals surface area contributed by atoms with Gasteiger partial charge in [0.2, 0.25) is 23.7 Å². The van der Waals surface area contributed by atoms with Crippen molar-refractivity contribution in [3.8, 4) is 17.8 Å². The molecule has 1 aromatic carbocycles. The van der Waals surface area contributed by atoms with Crippen LogP contribution in [0.1, 0.15) is 18.4 Å². The molecule has 0 saturated heterocycles. The lowest BCUT2D eigenvalue weighted by Gasteiger charge is -2.13. The standard InChI is InChI=1S/C19H20ClN7O2/c1-27(2)18-22-17(21-14-7-8-14)23-19(24-18)29-16-10-9-15(25-26-16)28-11-12-3-5-13(20)6-4-12/h3-6,9-10,14H,7-8,11H2,1-2H3,(H,21,22,23,24). The van der Waals surface area contributed by atoms with Gasteiger partial charge in [0.05, 0.1) is 0 Å². The normalized spacial score (nSPS) is 13.1. The van der Waals surface area contributed by atoms with Gasteiger partial charge in [-0.05, 0) is 30.5 Å². The molecule has 1 aliphatic rings. The monoisotopic (exact) mass is 413 g/mol. The molecule has 9 nitrogen and oxygen atoms in total. The highest BCUT2D eigenvalue weighted by atomic mass is 35.5. The van der Waals surface area contributed by atoms with E-state index in [1.54, 1.807) is 17.0 Å². The molecular weight excluding hydrogens is 394 g/mol. The van der Waals surface area contributed by atoms with Crippen LogP contribution in [0.4, 0.5) is 11.9 Å². The average molecular weight is 414 g/mol. The molecule has 0 atom stereocenters. The number of halogens is 1. The Kier molecular flexibility index (Phi) is 5.57. The maximum absolute atomic E-state index is 5.88. The van der Waals surface area contributed by atoms with Crippen LogP contribution in [0, 0.1) is 0 Å². The molecule has 10 heteroatoms. The number of ether oxygens (including phenoxy) is 2. The van der Waals surface area contributed by atoms with Gasteiger partial charge in [-0.3, -0.25) is 0 Å². The van der Waals surface area contributed by atoms with Crippen molar-refractivity contribution in [3.05, 3.63) is 47.0 Å². The highest BCUT2D eigenvalue weighted by Crippen LogP contribution is 2.25. The van der Waals surface area contributed by atoms with Gasteiger partial charge in [0.25, 0.3) is 0 Å². The third-order valence-corrected chi connectivity index (χ3v) is 4.28. The Bertz CT molecular complexity index is 963. The summed E-state index contributed by atoms with van der Waals surface area (Å²) in [5, 5.41) is 12.0. The maximum Gasteiger partial charge on any atom is 0.330 e. The molecular formula is C19H20ClN7O2. The zero-order valence-corrected chi connectivity index (χ0v) is 16.8. The van der Waals surface area contributed by atoms with Crippen molar-refractivity contribution in [2.45, 2.75) is 25.5 Å². The SMILES string of the molecule is CN(C)c1nc(NC2CC2)nc(Oc2ccc(OCc3ccc(Cl)cc3)nn2)n1. The van der Waals surface area contributed by atoms with Crippen molar-refractivity contribution >= 4 is 23.5 Å². The molecule has 150 valence electrons. The van der Waals surface area contributed by atoms with Crippen molar-refractivity contribution in [1.82, 2.24) is 25.1 Å². The van der Waals surface area contributed by atoms with Gasteiger partial charge in [0, 0.05) is 37.3 Å². The molecule has 0 spiro atoms. The average Bonchev–Trinajstić information content (AvgIpc) is 3.52. The molecule has 0 bridgehead atoms. The first-order chi connectivity index (χ1) is 14.0. The van der Waals surface area contributed by atoms with E-state index in [2.05, 4.69) is 30.5 Å². The van der Waals surface area contributed by atoms with Gasteiger partial charge in [0.1, 0.15) is 6.61 Å². The third kappa shape index (κ3) is 5.41. The van der Waals surface area contributed by atoms with E-state index < -0.39 is 0 Å². The van der Waals surface area contributed by atoms with Crippen LogP contribution in [0.25, 0.3) is 0 Å². The van der Waals surface area contributed by atoms with E-state index in [1.165, 1.54) is 0 Å². The van der Waals surface area contributed by atoms with E-state index in [0.717, 1.165) is 18.4 Å². The first-order valence-corrected chi connectivity index (χ1v) is 9.52. The molecule has 3 aromatic rings. The molecule has 0 aliphatic heterocycles. The number of hydrogen-bond donors (Lipinski definition) is 1. The van der Waals surface area contributed by atoms with Gasteiger partial charge in [-0.25, -0.2) is 0 Å². The van der Waals surface area contributed by atoms with Crippen molar-refractivity contribution in [2.75, 3.05) is 24.3 Å². The highest BCUT2D eigenvalue weighted by molar-refractivity contribution is 6.30. The van der Waals surface area contributed by atoms with Gasteiger partial charge in [-0.1, -0.05) is 23.7 Å². The van der Waals surface area contributed by atoms with E-state index in [-0.39, 0.29) is 11.9 Å². The van der Waals surface area contributed by atoms with Gasteiger partial charge in [-0.2, -0.15) is 15.0 Å². The molecule has 1 aliphatic carbocycles. The Labute approximate surface area is 173 Å². The minimum absolute atomic E-state index is 0.149. The Morgan fingerprint density at radius 1 is 1.00 bits per heavy atom. The zero-order valence-electron chi connectivity index (χ0n) is 16.0. The molecule has 1 N–H and O–H groups in total. The fraction of sp³-hybridized carbons (Fsp3) is 0.316. The van der Waals surface area contributed by atoms with Crippen LogP contribution < -0.4 is 19.7 Å². The van der Waals surface area contributed by atoms with E-state index >= 15 is 0 Å². The first-order valence-electron chi connectivity index (χ1n) is 9.14. The van der Waals surface area contributed by atoms with Crippen molar-refractivity contribution in [3.63, 3.8) is 0 Å². The Balaban J connectivity index is 1.41. The van der Waals surface area contributed by atoms with Crippen molar-refractivity contribution in [2.24, 2.45) is 0 Å². The number of rotatable bonds is 8. The number of nitrogens with one attached hydrogen (secondary N) is 1. The molecule has 2 aromatic heterocycles. The fourth-order valence-corrected chi connectivity index (χ4v) is 2.46. The quantitative estimate of drug-likeness (QED) is 0.596. The number of aromatic nitrogens is 5. The molecule has 29 heavy (non-hydrogen) atoms. The summed E-state index contributed by atoms with van der Waals surface area (Å²) < 4.78 is 11.3. The molecule has 0 amide bonds. The van der Waals surface area contributed by atoms with Crippen LogP contribution in [-0.2, 0) is 6.61 Å². The summed E-state index contributed by atoms with van der Waals surface area (Å²) in [4.78, 5) is 14.8. The summed E-state index contributed by atoms with van der Waals surface area (Å²) in [5.74, 6) is 1.62. The van der Waals surface area contributed by atoms with Gasteiger partial charge in [0.15, 0.2) is 0 Å². The second-order valence-corrected chi connectivity index (χ2v) is 7.22. The molecule has 2 heterocycles. The van der Waals surface area contributed by atoms with Crippen LogP contribution in [-0.4, -0.2) is 45.3 Å². The summed E-state index contributed by atoms with van der Waals surface area (Å²) in [5.41, 5.74) is 0.980. The van der Waals surface area contributed by atoms with Crippen LogP contribution in [0.5, 0.6) is 17.8 Å². The minimum atomic E-state index is 0.149. The fourth-order valence-electron chi connectivity index (χ4n) is 2.34. The smallest absolute Gasteiger partial charge is 0.330 e. The Morgan fingerprint density at radius 2 is 1.72 bits per heavy atom. The topological polar surface area (TPSA) is 98.2 Å². The molecule has 0 unspecified atom stereocenters. The van der Waals surface area contributed by atoms with Gasteiger partial charge >= 0.3 is 6.01 Å². The van der Waals surface area contributed by atoms with Crippen molar-refractivity contribution < 1.29 is 9.47 Å². The predicted octanol–water partition coefficient (Wildman–Crippen LogP) is 3.33. The van der Waals surface area contributed by atoms with Crippen LogP contribution in [0.3, 0.4) is 0 Å². The first kappa shape index (κ1) is 19.1. The Morgan fingerprint density at radius 3 is 2.38 bits per heavy atom. The maximum atomic E-state index is 5.88. The van der Waals surface area contributed by atoms with Gasteiger partial charge < -0.3 is 19.7 Å². The summed E-state index contributed by atoms with van der Waals surface area (Å²) in [6.45, 7) is 0.363. The molecule has 0 radical (unpaired) electrons. The van der Waals surface area contributed by atoms with Crippen LogP contribution in [0.2, 0.25) is 5.02 Å². The van der Waals surface area contributed by atoms with Crippen LogP contribution >= 0.6 is 11.6 Å². The number of anilines is 2. The lowest BCUT2D eigenvalue weighted by Crippen LogP contribution is -2.16. The van der Waals surface area contributed by atoms with Gasteiger partial charge in [-0.15, -0.1) is 10.2 Å². The number of hydrogen-bond acceptors (Lipinski definition) is 9.